The van der Waals surface area contributed by atoms with Crippen molar-refractivity contribution in [3.8, 4) is 6.07 Å². The average Bonchev–Trinajstić information content (AvgIpc) is 3.06. The summed E-state index contributed by atoms with van der Waals surface area (Å²) in [5.41, 5.74) is 1.85. The summed E-state index contributed by atoms with van der Waals surface area (Å²) in [6.07, 6.45) is -0.0694. The number of aromatic amines is 1. The fourth-order valence-electron chi connectivity index (χ4n) is 2.37. The van der Waals surface area contributed by atoms with E-state index in [0.29, 0.717) is 11.1 Å². The molecule has 26 heavy (non-hydrogen) atoms. The third-order valence-electron chi connectivity index (χ3n) is 3.66. The molecule has 7 heteroatoms. The molecule has 2 aromatic carbocycles. The summed E-state index contributed by atoms with van der Waals surface area (Å²) in [7, 11) is 0. The Morgan fingerprint density at radius 1 is 1.23 bits per heavy atom. The zero-order valence-electron chi connectivity index (χ0n) is 13.6. The van der Waals surface area contributed by atoms with E-state index in [9.17, 15) is 19.6 Å². The van der Waals surface area contributed by atoms with Crippen molar-refractivity contribution in [2.45, 2.75) is 6.42 Å². The van der Waals surface area contributed by atoms with Gasteiger partial charge in [-0.3, -0.25) is 4.79 Å². The fraction of sp³-hybridized carbons (Fsp3) is 0.105. The Morgan fingerprint density at radius 3 is 2.65 bits per heavy atom. The van der Waals surface area contributed by atoms with Crippen LogP contribution in [0.25, 0.3) is 16.6 Å². The molecular weight excluding hydrogens is 337 g/mol. The van der Waals surface area contributed by atoms with E-state index in [1.165, 1.54) is 24.3 Å². The molecule has 0 aliphatic heterocycles. The lowest BCUT2D eigenvalue weighted by Gasteiger charge is -2.06. The summed E-state index contributed by atoms with van der Waals surface area (Å²) in [5.74, 6) is -1.21. The van der Waals surface area contributed by atoms with Gasteiger partial charge in [0.05, 0.1) is 17.5 Å². The summed E-state index contributed by atoms with van der Waals surface area (Å²) in [6, 6.07) is 14.5. The van der Waals surface area contributed by atoms with Crippen LogP contribution in [0, 0.1) is 17.1 Å². The Balaban J connectivity index is 1.69. The molecule has 2 N–H and O–H groups in total. The molecule has 0 radical (unpaired) electrons. The maximum atomic E-state index is 12.8. The predicted molar refractivity (Wildman–Crippen MR) is 92.3 cm³/mol. The average molecular weight is 351 g/mol. The highest BCUT2D eigenvalue weighted by atomic mass is 19.1. The molecule has 6 nitrogen and oxygen atoms in total. The van der Waals surface area contributed by atoms with E-state index in [1.807, 2.05) is 12.1 Å². The topological polar surface area (TPSA) is 99.0 Å². The number of carbonyl (C=O) groups excluding carboxylic acids is 1. The van der Waals surface area contributed by atoms with Crippen LogP contribution in [0.1, 0.15) is 11.4 Å². The number of aliphatic hydroxyl groups excluding tert-OH is 1. The van der Waals surface area contributed by atoms with E-state index in [2.05, 4.69) is 9.97 Å². The summed E-state index contributed by atoms with van der Waals surface area (Å²) < 4.78 is 17.8. The second-order valence-electron chi connectivity index (χ2n) is 5.50. The van der Waals surface area contributed by atoms with Crippen LogP contribution in [-0.4, -0.2) is 27.7 Å². The number of allylic oxidation sites excluding steroid dienone is 1. The van der Waals surface area contributed by atoms with Gasteiger partial charge in [-0.1, -0.05) is 24.3 Å². The number of carbonyl (C=O) groups is 1. The van der Waals surface area contributed by atoms with Crippen LogP contribution in [0.15, 0.2) is 54.3 Å². The van der Waals surface area contributed by atoms with Crippen LogP contribution in [0.5, 0.6) is 0 Å². The molecule has 0 aliphatic carbocycles. The van der Waals surface area contributed by atoms with Gasteiger partial charge in [-0.2, -0.15) is 5.26 Å². The van der Waals surface area contributed by atoms with Crippen LogP contribution in [0.4, 0.5) is 4.39 Å². The van der Waals surface area contributed by atoms with Crippen molar-refractivity contribution in [1.29, 1.82) is 5.26 Å². The lowest BCUT2D eigenvalue weighted by Crippen LogP contribution is -2.11. The molecule has 0 fully saturated rings. The van der Waals surface area contributed by atoms with Crippen LogP contribution < -0.4 is 0 Å². The molecular formula is C19H14FN3O3. The molecule has 1 heterocycles. The van der Waals surface area contributed by atoms with E-state index >= 15 is 0 Å². The number of ether oxygens (including phenoxy) is 1. The molecule has 0 amide bonds. The molecule has 0 saturated carbocycles. The second kappa shape index (κ2) is 7.49. The van der Waals surface area contributed by atoms with Crippen molar-refractivity contribution in [3.05, 3.63) is 71.5 Å². The number of aliphatic hydroxyl groups is 1. The van der Waals surface area contributed by atoms with Crippen LogP contribution >= 0.6 is 0 Å². The van der Waals surface area contributed by atoms with Crippen molar-refractivity contribution in [2.24, 2.45) is 0 Å². The van der Waals surface area contributed by atoms with Gasteiger partial charge in [0.1, 0.15) is 24.1 Å². The van der Waals surface area contributed by atoms with Gasteiger partial charge in [0.15, 0.2) is 11.6 Å². The first-order chi connectivity index (χ1) is 12.6. The highest BCUT2D eigenvalue weighted by Gasteiger charge is 2.15. The number of para-hydroxylation sites is 2. The summed E-state index contributed by atoms with van der Waals surface area (Å²) >= 11 is 0. The van der Waals surface area contributed by atoms with Crippen LogP contribution in [0.2, 0.25) is 0 Å². The number of fused-ring (bicyclic) bond motifs is 1. The number of esters is 1. The van der Waals surface area contributed by atoms with Gasteiger partial charge in [-0.05, 0) is 29.8 Å². The van der Waals surface area contributed by atoms with E-state index < -0.39 is 24.2 Å². The first-order valence-electron chi connectivity index (χ1n) is 7.74. The number of hydrogen-bond acceptors (Lipinski definition) is 5. The van der Waals surface area contributed by atoms with E-state index in [1.54, 1.807) is 18.2 Å². The van der Waals surface area contributed by atoms with Crippen molar-refractivity contribution in [1.82, 2.24) is 9.97 Å². The zero-order valence-corrected chi connectivity index (χ0v) is 13.6. The van der Waals surface area contributed by atoms with Crippen molar-refractivity contribution >= 4 is 22.6 Å². The van der Waals surface area contributed by atoms with Crippen LogP contribution in [-0.2, 0) is 16.0 Å². The monoisotopic (exact) mass is 351 g/mol. The number of benzene rings is 2. The van der Waals surface area contributed by atoms with Gasteiger partial charge in [0.2, 0.25) is 0 Å². The highest BCUT2D eigenvalue weighted by Crippen LogP contribution is 2.18. The van der Waals surface area contributed by atoms with Gasteiger partial charge in [0.25, 0.3) is 0 Å². The first kappa shape index (κ1) is 17.2. The number of nitriles is 1. The van der Waals surface area contributed by atoms with Gasteiger partial charge in [-0.25, -0.2) is 9.37 Å². The maximum absolute atomic E-state index is 12.8. The number of H-pyrrole nitrogens is 1. The van der Waals surface area contributed by atoms with Gasteiger partial charge >= 0.3 is 5.97 Å². The van der Waals surface area contributed by atoms with E-state index in [-0.39, 0.29) is 17.8 Å². The number of aromatic nitrogens is 2. The summed E-state index contributed by atoms with van der Waals surface area (Å²) in [6.45, 7) is -0.458. The molecule has 0 unspecified atom stereocenters. The summed E-state index contributed by atoms with van der Waals surface area (Å²) in [5, 5.41) is 19.4. The minimum absolute atomic E-state index is 0.0694. The molecule has 0 spiro atoms. The first-order valence-corrected chi connectivity index (χ1v) is 7.74. The van der Waals surface area contributed by atoms with Gasteiger partial charge < -0.3 is 14.8 Å². The van der Waals surface area contributed by atoms with Gasteiger partial charge in [-0.15, -0.1) is 0 Å². The minimum atomic E-state index is -0.606. The Morgan fingerprint density at radius 2 is 1.96 bits per heavy atom. The SMILES string of the molecule is N#CC(=C(O)COC(=O)Cc1ccc(F)cc1)c1nc2ccccc2[nH]1. The number of hydrogen-bond donors (Lipinski definition) is 2. The number of halogens is 1. The molecule has 130 valence electrons. The molecule has 1 aromatic heterocycles. The van der Waals surface area contributed by atoms with Gasteiger partial charge in [0, 0.05) is 0 Å². The maximum Gasteiger partial charge on any atom is 0.310 e. The standard InChI is InChI=1S/C19H14FN3O3/c20-13-7-5-12(6-8-13)9-18(25)26-11-17(24)14(10-21)19-22-15-3-1-2-4-16(15)23-19/h1-8,24H,9,11H2,(H,22,23). The van der Waals surface area contributed by atoms with Crippen LogP contribution in [0.3, 0.4) is 0 Å². The van der Waals surface area contributed by atoms with Crippen molar-refractivity contribution in [2.75, 3.05) is 6.61 Å². The molecule has 0 saturated heterocycles. The molecule has 0 aliphatic rings. The highest BCUT2D eigenvalue weighted by molar-refractivity contribution is 5.83. The minimum Gasteiger partial charge on any atom is -0.507 e. The Hall–Kier alpha value is -3.66. The Kier molecular flexibility index (Phi) is 4.94. The lowest BCUT2D eigenvalue weighted by atomic mass is 10.1. The van der Waals surface area contributed by atoms with E-state index in [4.69, 9.17) is 4.74 Å². The number of rotatable bonds is 5. The number of imidazole rings is 1. The fourth-order valence-corrected chi connectivity index (χ4v) is 2.37. The smallest absolute Gasteiger partial charge is 0.310 e. The van der Waals surface area contributed by atoms with Crippen molar-refractivity contribution in [3.63, 3.8) is 0 Å². The summed E-state index contributed by atoms with van der Waals surface area (Å²) in [4.78, 5) is 19.0. The normalized spacial score (nSPS) is 11.7. The molecule has 0 bridgehead atoms. The second-order valence-corrected chi connectivity index (χ2v) is 5.50. The Bertz CT molecular complexity index is 983. The number of nitrogens with one attached hydrogen (secondary N) is 1. The zero-order chi connectivity index (χ0) is 18.5. The third-order valence-corrected chi connectivity index (χ3v) is 3.66. The molecule has 3 rings (SSSR count). The lowest BCUT2D eigenvalue weighted by molar-refractivity contribution is -0.142. The predicted octanol–water partition coefficient (Wildman–Crippen LogP) is 3.28. The van der Waals surface area contributed by atoms with E-state index in [0.717, 1.165) is 5.52 Å². The molecule has 0 atom stereocenters. The van der Waals surface area contributed by atoms with Crippen molar-refractivity contribution < 1.29 is 19.0 Å². The Labute approximate surface area is 148 Å². The number of nitrogens with zero attached hydrogens (tertiary/aromatic N) is 2. The molecule has 3 aromatic rings. The largest absolute Gasteiger partial charge is 0.507 e. The quantitative estimate of drug-likeness (QED) is 0.417. The third kappa shape index (κ3) is 3.87.